The Morgan fingerprint density at radius 1 is 1.03 bits per heavy atom. The molecule has 0 spiro atoms. The standard InChI is InChI=1S/C27H38N2O4S/c1-5-9-13-22-21(24(25(30)32-7-3)29(28-22)18-10-6-2)19-20-14-15-23(34-20)27(16-11-12-17-27)26(31)33-8-4/h11-12,14-15H,5-10,13,16-19H2,1-4H3. The van der Waals surface area contributed by atoms with E-state index in [9.17, 15) is 9.59 Å². The molecule has 0 atom stereocenters. The lowest BCUT2D eigenvalue weighted by Crippen LogP contribution is -2.34. The van der Waals surface area contributed by atoms with E-state index < -0.39 is 5.41 Å². The molecule has 0 amide bonds. The van der Waals surface area contributed by atoms with E-state index >= 15 is 0 Å². The zero-order chi connectivity index (χ0) is 24.6. The van der Waals surface area contributed by atoms with Gasteiger partial charge in [-0.1, -0.05) is 38.8 Å². The predicted molar refractivity (Wildman–Crippen MR) is 136 cm³/mol. The van der Waals surface area contributed by atoms with Crippen molar-refractivity contribution >= 4 is 23.3 Å². The van der Waals surface area contributed by atoms with Crippen LogP contribution >= 0.6 is 11.3 Å². The Morgan fingerprint density at radius 2 is 1.74 bits per heavy atom. The normalized spacial score (nSPS) is 14.5. The van der Waals surface area contributed by atoms with E-state index in [4.69, 9.17) is 14.6 Å². The second kappa shape index (κ2) is 12.3. The van der Waals surface area contributed by atoms with E-state index in [0.29, 0.717) is 44.7 Å². The third-order valence-corrected chi connectivity index (χ3v) is 7.63. The van der Waals surface area contributed by atoms with Crippen molar-refractivity contribution in [2.24, 2.45) is 0 Å². The van der Waals surface area contributed by atoms with Gasteiger partial charge in [-0.05, 0) is 58.1 Å². The molecule has 34 heavy (non-hydrogen) atoms. The molecule has 1 aliphatic carbocycles. The van der Waals surface area contributed by atoms with Crippen LogP contribution in [0.3, 0.4) is 0 Å². The molecule has 0 unspecified atom stereocenters. The molecular formula is C27H38N2O4S. The van der Waals surface area contributed by atoms with Gasteiger partial charge in [0.2, 0.25) is 0 Å². The molecule has 2 aromatic heterocycles. The van der Waals surface area contributed by atoms with Gasteiger partial charge in [0, 0.05) is 28.3 Å². The van der Waals surface area contributed by atoms with Crippen molar-refractivity contribution in [1.29, 1.82) is 0 Å². The monoisotopic (exact) mass is 486 g/mol. The van der Waals surface area contributed by atoms with Crippen LogP contribution in [0.1, 0.15) is 97.7 Å². The molecule has 7 heteroatoms. The second-order valence-electron chi connectivity index (χ2n) is 8.80. The summed E-state index contributed by atoms with van der Waals surface area (Å²) < 4.78 is 12.7. The van der Waals surface area contributed by atoms with Crippen LogP contribution < -0.4 is 0 Å². The third-order valence-electron chi connectivity index (χ3n) is 6.34. The largest absolute Gasteiger partial charge is 0.465 e. The fourth-order valence-electron chi connectivity index (χ4n) is 4.47. The quantitative estimate of drug-likeness (QED) is 0.256. The van der Waals surface area contributed by atoms with Crippen LogP contribution in [-0.4, -0.2) is 34.9 Å². The average molecular weight is 487 g/mol. The first-order chi connectivity index (χ1) is 16.5. The minimum atomic E-state index is -0.626. The molecule has 0 radical (unpaired) electrons. The number of carbonyl (C=O) groups excluding carboxylic acids is 2. The Bertz CT molecular complexity index is 996. The zero-order valence-corrected chi connectivity index (χ0v) is 21.8. The van der Waals surface area contributed by atoms with Crippen molar-refractivity contribution < 1.29 is 19.1 Å². The molecular weight excluding hydrogens is 448 g/mol. The highest BCUT2D eigenvalue weighted by atomic mass is 32.1. The van der Waals surface area contributed by atoms with Gasteiger partial charge >= 0.3 is 11.9 Å². The number of carbonyl (C=O) groups is 2. The molecule has 3 rings (SSSR count). The van der Waals surface area contributed by atoms with Gasteiger partial charge in [0.25, 0.3) is 0 Å². The number of aromatic nitrogens is 2. The van der Waals surface area contributed by atoms with Gasteiger partial charge in [-0.25, -0.2) is 4.79 Å². The number of ether oxygens (including phenoxy) is 2. The Hall–Kier alpha value is -2.41. The number of unbranched alkanes of at least 4 members (excludes halogenated alkanes) is 2. The fraction of sp³-hybridized carbons (Fsp3) is 0.593. The smallest absolute Gasteiger partial charge is 0.356 e. The summed E-state index contributed by atoms with van der Waals surface area (Å²) in [7, 11) is 0. The lowest BCUT2D eigenvalue weighted by Gasteiger charge is -2.25. The number of aryl methyl sites for hydroxylation is 2. The molecule has 6 nitrogen and oxygen atoms in total. The number of rotatable bonds is 13. The van der Waals surface area contributed by atoms with Crippen LogP contribution in [0.5, 0.6) is 0 Å². The first kappa shape index (κ1) is 26.2. The lowest BCUT2D eigenvalue weighted by molar-refractivity contribution is -0.149. The van der Waals surface area contributed by atoms with E-state index in [-0.39, 0.29) is 11.9 Å². The van der Waals surface area contributed by atoms with Gasteiger partial charge in [-0.15, -0.1) is 11.3 Å². The molecule has 186 valence electrons. The predicted octanol–water partition coefficient (Wildman–Crippen LogP) is 6.01. The van der Waals surface area contributed by atoms with Crippen LogP contribution in [-0.2, 0) is 39.1 Å². The number of nitrogens with zero attached hydrogens (tertiary/aromatic N) is 2. The van der Waals surface area contributed by atoms with E-state index in [1.54, 1.807) is 11.3 Å². The molecule has 2 heterocycles. The van der Waals surface area contributed by atoms with Crippen molar-refractivity contribution in [2.45, 2.75) is 91.0 Å². The Kier molecular flexibility index (Phi) is 9.51. The molecule has 2 aromatic rings. The van der Waals surface area contributed by atoms with E-state index in [2.05, 4.69) is 38.1 Å². The Balaban J connectivity index is 1.98. The van der Waals surface area contributed by atoms with Gasteiger partial charge in [0.15, 0.2) is 0 Å². The maximum atomic E-state index is 13.0. The molecule has 0 N–H and O–H groups in total. The average Bonchev–Trinajstić information content (AvgIpc) is 3.56. The van der Waals surface area contributed by atoms with Crippen LogP contribution in [0.15, 0.2) is 24.3 Å². The van der Waals surface area contributed by atoms with E-state index in [0.717, 1.165) is 53.1 Å². The summed E-state index contributed by atoms with van der Waals surface area (Å²) in [5.41, 5.74) is 1.91. The molecule has 0 fully saturated rings. The third kappa shape index (κ3) is 5.62. The van der Waals surface area contributed by atoms with Crippen LogP contribution in [0, 0.1) is 0 Å². The SMILES string of the molecule is CCCCc1nn(CCCC)c(C(=O)OCC)c1Cc1ccc(C2(C(=O)OCC)CC=CC2)s1. The minimum Gasteiger partial charge on any atom is -0.465 e. The van der Waals surface area contributed by atoms with Gasteiger partial charge in [-0.2, -0.15) is 5.10 Å². The first-order valence-corrected chi connectivity index (χ1v) is 13.5. The van der Waals surface area contributed by atoms with Crippen LogP contribution in [0.4, 0.5) is 0 Å². The number of thiophene rings is 1. The highest BCUT2D eigenvalue weighted by molar-refractivity contribution is 7.12. The molecule has 0 saturated heterocycles. The topological polar surface area (TPSA) is 70.4 Å². The van der Waals surface area contributed by atoms with E-state index in [1.165, 1.54) is 0 Å². The fourth-order valence-corrected chi connectivity index (χ4v) is 5.69. The van der Waals surface area contributed by atoms with Crippen LogP contribution in [0.2, 0.25) is 0 Å². The Labute approximate surface area is 207 Å². The number of allylic oxidation sites excluding steroid dienone is 2. The summed E-state index contributed by atoms with van der Waals surface area (Å²) in [5.74, 6) is -0.458. The van der Waals surface area contributed by atoms with Gasteiger partial charge in [0.1, 0.15) is 11.1 Å². The summed E-state index contributed by atoms with van der Waals surface area (Å²) in [6.07, 6.45) is 11.0. The molecule has 0 bridgehead atoms. The summed E-state index contributed by atoms with van der Waals surface area (Å²) in [6.45, 7) is 9.39. The number of hydrogen-bond acceptors (Lipinski definition) is 6. The molecule has 0 saturated carbocycles. The van der Waals surface area contributed by atoms with Crippen molar-refractivity contribution in [1.82, 2.24) is 9.78 Å². The highest BCUT2D eigenvalue weighted by Gasteiger charge is 2.43. The molecule has 0 aliphatic heterocycles. The van der Waals surface area contributed by atoms with Crippen LogP contribution in [0.25, 0.3) is 0 Å². The second-order valence-corrected chi connectivity index (χ2v) is 9.97. The summed E-state index contributed by atoms with van der Waals surface area (Å²) in [6, 6.07) is 4.14. The maximum absolute atomic E-state index is 13.0. The summed E-state index contributed by atoms with van der Waals surface area (Å²) in [5, 5.41) is 4.87. The van der Waals surface area contributed by atoms with Gasteiger partial charge in [0.05, 0.1) is 18.9 Å². The summed E-state index contributed by atoms with van der Waals surface area (Å²) in [4.78, 5) is 28.0. The maximum Gasteiger partial charge on any atom is 0.356 e. The summed E-state index contributed by atoms with van der Waals surface area (Å²) >= 11 is 1.64. The van der Waals surface area contributed by atoms with Crippen molar-refractivity contribution in [3.05, 3.63) is 51.0 Å². The number of hydrogen-bond donors (Lipinski definition) is 0. The number of esters is 2. The van der Waals surface area contributed by atoms with Gasteiger partial charge in [-0.3, -0.25) is 9.48 Å². The lowest BCUT2D eigenvalue weighted by atomic mass is 9.84. The molecule has 1 aliphatic rings. The minimum absolute atomic E-state index is 0.156. The first-order valence-electron chi connectivity index (χ1n) is 12.7. The Morgan fingerprint density at radius 3 is 2.38 bits per heavy atom. The highest BCUT2D eigenvalue weighted by Crippen LogP contribution is 2.42. The van der Waals surface area contributed by atoms with Crippen molar-refractivity contribution in [2.75, 3.05) is 13.2 Å². The zero-order valence-electron chi connectivity index (χ0n) is 21.0. The van der Waals surface area contributed by atoms with Crippen molar-refractivity contribution in [3.8, 4) is 0 Å². The van der Waals surface area contributed by atoms with Gasteiger partial charge < -0.3 is 9.47 Å². The molecule has 0 aromatic carbocycles. The van der Waals surface area contributed by atoms with E-state index in [1.807, 2.05) is 18.5 Å². The van der Waals surface area contributed by atoms with Crippen molar-refractivity contribution in [3.63, 3.8) is 0 Å².